The SMILES string of the molecule is COCCNS(=O)(=O)c1cc(NC(=O)C2CCCC2)ccc1Oc1c(C)c(C(=O)O)nn1C(C)(C)C. The van der Waals surface area contributed by atoms with Crippen LogP contribution in [0.1, 0.15) is 62.5 Å². The number of sulfonamides is 1. The number of carbonyl (C=O) groups excluding carboxylic acids is 1. The normalized spacial score (nSPS) is 14.7. The first-order chi connectivity index (χ1) is 16.8. The Labute approximate surface area is 211 Å². The standard InChI is InChI=1S/C24H34N4O7S/c1-15-20(23(30)31)27-28(24(2,3)4)22(15)35-18-11-10-17(26-21(29)16-8-6-7-9-16)14-19(18)36(32,33)25-12-13-34-5/h10-11,14,16,25H,6-9,12-13H2,1-5H3,(H,26,29)(H,30,31). The van der Waals surface area contributed by atoms with E-state index in [1.165, 1.54) is 23.9 Å². The lowest BCUT2D eigenvalue weighted by Crippen LogP contribution is -2.28. The van der Waals surface area contributed by atoms with Gasteiger partial charge in [-0.3, -0.25) is 4.79 Å². The molecule has 1 aromatic heterocycles. The number of carbonyl (C=O) groups is 2. The van der Waals surface area contributed by atoms with Gasteiger partial charge in [0.05, 0.1) is 12.1 Å². The van der Waals surface area contributed by atoms with Crippen molar-refractivity contribution >= 4 is 27.6 Å². The van der Waals surface area contributed by atoms with Gasteiger partial charge in [-0.2, -0.15) is 5.10 Å². The highest BCUT2D eigenvalue weighted by Crippen LogP contribution is 2.36. The first-order valence-corrected chi connectivity index (χ1v) is 13.3. The van der Waals surface area contributed by atoms with Crippen molar-refractivity contribution in [2.24, 2.45) is 5.92 Å². The number of nitrogens with zero attached hydrogens (tertiary/aromatic N) is 2. The van der Waals surface area contributed by atoms with Crippen molar-refractivity contribution in [2.75, 3.05) is 25.6 Å². The molecule has 1 amide bonds. The van der Waals surface area contributed by atoms with Gasteiger partial charge in [0.15, 0.2) is 5.69 Å². The molecule has 1 aromatic carbocycles. The molecule has 0 radical (unpaired) electrons. The van der Waals surface area contributed by atoms with E-state index < -0.39 is 21.5 Å². The monoisotopic (exact) mass is 522 g/mol. The highest BCUT2D eigenvalue weighted by molar-refractivity contribution is 7.89. The lowest BCUT2D eigenvalue weighted by molar-refractivity contribution is -0.119. The molecule has 1 aliphatic rings. The van der Waals surface area contributed by atoms with Crippen molar-refractivity contribution in [1.29, 1.82) is 0 Å². The summed E-state index contributed by atoms with van der Waals surface area (Å²) in [5.41, 5.74) is -0.271. The zero-order chi connectivity index (χ0) is 26.7. The van der Waals surface area contributed by atoms with Crippen LogP contribution in [0.25, 0.3) is 0 Å². The molecule has 2 aromatic rings. The van der Waals surface area contributed by atoms with Gasteiger partial charge >= 0.3 is 5.97 Å². The molecule has 1 fully saturated rings. The summed E-state index contributed by atoms with van der Waals surface area (Å²) in [5, 5.41) is 16.6. The number of hydrogen-bond donors (Lipinski definition) is 3. The third-order valence-electron chi connectivity index (χ3n) is 5.94. The molecule has 3 N–H and O–H groups in total. The van der Waals surface area contributed by atoms with Gasteiger partial charge in [0.2, 0.25) is 21.8 Å². The highest BCUT2D eigenvalue weighted by atomic mass is 32.2. The predicted molar refractivity (Wildman–Crippen MR) is 133 cm³/mol. The number of hydrogen-bond acceptors (Lipinski definition) is 7. The Morgan fingerprint density at radius 2 is 1.89 bits per heavy atom. The summed E-state index contributed by atoms with van der Waals surface area (Å²) in [5.74, 6) is -1.40. The molecule has 1 aliphatic carbocycles. The molecule has 0 unspecified atom stereocenters. The summed E-state index contributed by atoms with van der Waals surface area (Å²) in [6.45, 7) is 7.20. The number of anilines is 1. The fourth-order valence-corrected chi connectivity index (χ4v) is 5.19. The predicted octanol–water partition coefficient (Wildman–Crippen LogP) is 3.49. The van der Waals surface area contributed by atoms with E-state index in [0.29, 0.717) is 5.69 Å². The molecular weight excluding hydrogens is 488 g/mol. The maximum atomic E-state index is 13.2. The van der Waals surface area contributed by atoms with Crippen molar-refractivity contribution < 1.29 is 32.6 Å². The first-order valence-electron chi connectivity index (χ1n) is 11.8. The summed E-state index contributed by atoms with van der Waals surface area (Å²) in [6, 6.07) is 4.33. The molecule has 3 rings (SSSR count). The highest BCUT2D eigenvalue weighted by Gasteiger charge is 2.30. The average molecular weight is 523 g/mol. The topological polar surface area (TPSA) is 149 Å². The zero-order valence-corrected chi connectivity index (χ0v) is 22.1. The van der Waals surface area contributed by atoms with Crippen LogP contribution < -0.4 is 14.8 Å². The summed E-state index contributed by atoms with van der Waals surface area (Å²) in [4.78, 5) is 24.1. The molecule has 198 valence electrons. The van der Waals surface area contributed by atoms with E-state index in [4.69, 9.17) is 9.47 Å². The number of amides is 1. The molecule has 36 heavy (non-hydrogen) atoms. The second-order valence-electron chi connectivity index (χ2n) is 9.79. The van der Waals surface area contributed by atoms with Gasteiger partial charge in [0, 0.05) is 30.8 Å². The summed E-state index contributed by atoms with van der Waals surface area (Å²) in [7, 11) is -2.63. The second kappa shape index (κ2) is 11.0. The van der Waals surface area contributed by atoms with Crippen molar-refractivity contribution in [3.05, 3.63) is 29.5 Å². The van der Waals surface area contributed by atoms with E-state index >= 15 is 0 Å². The van der Waals surface area contributed by atoms with Crippen molar-refractivity contribution in [1.82, 2.24) is 14.5 Å². The summed E-state index contributed by atoms with van der Waals surface area (Å²) in [6.07, 6.45) is 3.59. The van der Waals surface area contributed by atoms with E-state index in [9.17, 15) is 23.1 Å². The number of aromatic carboxylic acids is 1. The second-order valence-corrected chi connectivity index (χ2v) is 11.5. The Morgan fingerprint density at radius 3 is 2.47 bits per heavy atom. The van der Waals surface area contributed by atoms with Crippen LogP contribution in [0.15, 0.2) is 23.1 Å². The van der Waals surface area contributed by atoms with Gasteiger partial charge in [-0.05, 0) is 58.7 Å². The largest absolute Gasteiger partial charge is 0.476 e. The van der Waals surface area contributed by atoms with E-state index in [-0.39, 0.29) is 52.8 Å². The Morgan fingerprint density at radius 1 is 1.22 bits per heavy atom. The van der Waals surface area contributed by atoms with Crippen LogP contribution in [0.4, 0.5) is 5.69 Å². The number of methoxy groups -OCH3 is 1. The van der Waals surface area contributed by atoms with E-state index in [1.54, 1.807) is 13.0 Å². The van der Waals surface area contributed by atoms with Crippen LogP contribution in [0.5, 0.6) is 11.6 Å². The van der Waals surface area contributed by atoms with Gasteiger partial charge in [-0.15, -0.1) is 0 Å². The molecule has 0 aliphatic heterocycles. The molecule has 1 heterocycles. The third-order valence-corrected chi connectivity index (χ3v) is 7.42. The summed E-state index contributed by atoms with van der Waals surface area (Å²) >= 11 is 0. The minimum atomic E-state index is -4.08. The average Bonchev–Trinajstić information content (AvgIpc) is 3.43. The van der Waals surface area contributed by atoms with E-state index in [1.807, 2.05) is 20.8 Å². The quantitative estimate of drug-likeness (QED) is 0.402. The van der Waals surface area contributed by atoms with Gasteiger partial charge in [-0.25, -0.2) is 22.6 Å². The van der Waals surface area contributed by atoms with E-state index in [2.05, 4.69) is 15.1 Å². The van der Waals surface area contributed by atoms with Crippen LogP contribution in [-0.4, -0.2) is 55.4 Å². The van der Waals surface area contributed by atoms with Crippen LogP contribution in [-0.2, 0) is 25.1 Å². The lowest BCUT2D eigenvalue weighted by Gasteiger charge is -2.23. The molecule has 11 nitrogen and oxygen atoms in total. The Bertz CT molecular complexity index is 1230. The summed E-state index contributed by atoms with van der Waals surface area (Å²) < 4.78 is 41.3. The molecular formula is C24H34N4O7S. The Kier molecular flexibility index (Phi) is 8.42. The fraction of sp³-hybridized carbons (Fsp3) is 0.542. The molecule has 12 heteroatoms. The van der Waals surface area contributed by atoms with Crippen molar-refractivity contribution in [3.8, 4) is 11.6 Å². The zero-order valence-electron chi connectivity index (χ0n) is 21.3. The Balaban J connectivity index is 2.05. The smallest absolute Gasteiger partial charge is 0.356 e. The molecule has 1 saturated carbocycles. The minimum Gasteiger partial charge on any atom is -0.476 e. The molecule has 0 spiro atoms. The number of aromatic nitrogens is 2. The van der Waals surface area contributed by atoms with Crippen LogP contribution in [0.3, 0.4) is 0 Å². The number of nitrogens with one attached hydrogen (secondary N) is 2. The number of benzene rings is 1. The van der Waals surface area contributed by atoms with Crippen molar-refractivity contribution in [2.45, 2.75) is 63.8 Å². The van der Waals surface area contributed by atoms with E-state index in [0.717, 1.165) is 25.7 Å². The Hall–Kier alpha value is -2.96. The van der Waals surface area contributed by atoms with Crippen LogP contribution in [0.2, 0.25) is 0 Å². The maximum absolute atomic E-state index is 13.2. The van der Waals surface area contributed by atoms with Crippen LogP contribution in [0, 0.1) is 12.8 Å². The number of rotatable bonds is 10. The fourth-order valence-electron chi connectivity index (χ4n) is 4.03. The number of carboxylic acids is 1. The minimum absolute atomic E-state index is 0.0268. The molecule has 0 saturated heterocycles. The third kappa shape index (κ3) is 6.23. The first kappa shape index (κ1) is 27.6. The van der Waals surface area contributed by atoms with Gasteiger partial charge in [-0.1, -0.05) is 12.8 Å². The van der Waals surface area contributed by atoms with Gasteiger partial charge in [0.25, 0.3) is 0 Å². The number of ether oxygens (including phenoxy) is 2. The van der Waals surface area contributed by atoms with Crippen LogP contribution >= 0.6 is 0 Å². The van der Waals surface area contributed by atoms with Gasteiger partial charge < -0.3 is 19.9 Å². The lowest BCUT2D eigenvalue weighted by atomic mass is 10.1. The number of carboxylic acid groups (broad SMARTS) is 1. The van der Waals surface area contributed by atoms with Gasteiger partial charge in [0.1, 0.15) is 10.6 Å². The molecule has 0 bridgehead atoms. The maximum Gasteiger partial charge on any atom is 0.356 e. The molecule has 0 atom stereocenters. The van der Waals surface area contributed by atoms with Crippen molar-refractivity contribution in [3.63, 3.8) is 0 Å².